The number of nitrogens with one attached hydrogen (secondary N) is 1. The molecule has 27 heavy (non-hydrogen) atoms. The van der Waals surface area contributed by atoms with Crippen LogP contribution in [-0.2, 0) is 22.5 Å². The first-order valence-corrected chi connectivity index (χ1v) is 10.0. The molecule has 0 bridgehead atoms. The molecule has 3 rings (SSSR count). The molecule has 1 aromatic rings. The second-order valence-electron chi connectivity index (χ2n) is 8.09. The maximum Gasteiger partial charge on any atom is 0.410 e. The lowest BCUT2D eigenvalue weighted by molar-refractivity contribution is -0.122. The van der Waals surface area contributed by atoms with Gasteiger partial charge in [0.25, 0.3) is 0 Å². The van der Waals surface area contributed by atoms with Gasteiger partial charge in [0.15, 0.2) is 0 Å². The molecular formula is C21H31N3O3. The molecule has 0 spiro atoms. The van der Waals surface area contributed by atoms with Crippen LogP contribution in [0.5, 0.6) is 0 Å². The number of nitrogens with zero attached hydrogens (tertiary/aromatic N) is 2. The molecule has 2 saturated heterocycles. The summed E-state index contributed by atoms with van der Waals surface area (Å²) in [7, 11) is 0. The summed E-state index contributed by atoms with van der Waals surface area (Å²) in [5, 5.41) is 3.08. The Balaban J connectivity index is 1.46. The first-order chi connectivity index (χ1) is 13.0. The first kappa shape index (κ1) is 19.7. The van der Waals surface area contributed by atoms with Gasteiger partial charge < -0.3 is 10.1 Å². The lowest BCUT2D eigenvalue weighted by Gasteiger charge is -2.33. The van der Waals surface area contributed by atoms with Crippen molar-refractivity contribution in [2.75, 3.05) is 32.8 Å². The van der Waals surface area contributed by atoms with Crippen molar-refractivity contribution in [3.63, 3.8) is 0 Å². The van der Waals surface area contributed by atoms with Crippen LogP contribution in [0.3, 0.4) is 0 Å². The third-order valence-electron chi connectivity index (χ3n) is 5.12. The standard InChI is InChI=1S/C21H31N3O3/c1-16(2)12-17-5-7-18(8-6-17)13-23-9-3-4-19(14-23)22-20(25)15-24-10-11-27-21(24)26/h5-8,16,19H,3-4,9-15H2,1-2H3,(H,22,25)/t19-/m1/s1. The molecule has 0 radical (unpaired) electrons. The number of carbonyl (C=O) groups excluding carboxylic acids is 2. The van der Waals surface area contributed by atoms with Crippen molar-refractivity contribution in [2.45, 2.75) is 45.7 Å². The molecule has 2 heterocycles. The summed E-state index contributed by atoms with van der Waals surface area (Å²) in [6.07, 6.45) is 2.78. The van der Waals surface area contributed by atoms with Crippen LogP contribution in [0.25, 0.3) is 0 Å². The van der Waals surface area contributed by atoms with E-state index in [2.05, 4.69) is 48.3 Å². The molecule has 1 N–H and O–H groups in total. The van der Waals surface area contributed by atoms with Gasteiger partial charge in [0.1, 0.15) is 13.2 Å². The summed E-state index contributed by atoms with van der Waals surface area (Å²) in [5.41, 5.74) is 2.70. The smallest absolute Gasteiger partial charge is 0.410 e. The van der Waals surface area contributed by atoms with Crippen molar-refractivity contribution in [1.29, 1.82) is 0 Å². The molecule has 2 aliphatic rings. The number of benzene rings is 1. The van der Waals surface area contributed by atoms with E-state index >= 15 is 0 Å². The molecule has 2 aliphatic heterocycles. The van der Waals surface area contributed by atoms with E-state index in [1.165, 1.54) is 16.0 Å². The van der Waals surface area contributed by atoms with Crippen molar-refractivity contribution in [3.05, 3.63) is 35.4 Å². The lowest BCUT2D eigenvalue weighted by atomic mass is 10.0. The zero-order valence-electron chi connectivity index (χ0n) is 16.4. The Morgan fingerprint density at radius 1 is 1.22 bits per heavy atom. The Kier molecular flexibility index (Phi) is 6.72. The highest BCUT2D eigenvalue weighted by atomic mass is 16.6. The maximum atomic E-state index is 12.2. The van der Waals surface area contributed by atoms with E-state index in [0.29, 0.717) is 19.1 Å². The van der Waals surface area contributed by atoms with Gasteiger partial charge in [-0.1, -0.05) is 38.1 Å². The summed E-state index contributed by atoms with van der Waals surface area (Å²) in [4.78, 5) is 27.5. The number of ether oxygens (including phenoxy) is 1. The average molecular weight is 373 g/mol. The fourth-order valence-corrected chi connectivity index (χ4v) is 3.84. The Morgan fingerprint density at radius 2 is 1.96 bits per heavy atom. The number of piperidine rings is 1. The predicted molar refractivity (Wildman–Crippen MR) is 104 cm³/mol. The quantitative estimate of drug-likeness (QED) is 0.797. The van der Waals surface area contributed by atoms with Gasteiger partial charge in [-0.2, -0.15) is 0 Å². The van der Waals surface area contributed by atoms with E-state index in [4.69, 9.17) is 4.74 Å². The molecule has 148 valence electrons. The van der Waals surface area contributed by atoms with Gasteiger partial charge in [0.2, 0.25) is 5.91 Å². The maximum absolute atomic E-state index is 12.2. The number of likely N-dealkylation sites (tertiary alicyclic amines) is 1. The fourth-order valence-electron chi connectivity index (χ4n) is 3.84. The highest BCUT2D eigenvalue weighted by molar-refractivity contribution is 5.83. The van der Waals surface area contributed by atoms with Crippen LogP contribution in [0.2, 0.25) is 0 Å². The Bertz CT molecular complexity index is 645. The molecule has 1 atom stereocenters. The Hall–Kier alpha value is -2.08. The Morgan fingerprint density at radius 3 is 2.63 bits per heavy atom. The summed E-state index contributed by atoms with van der Waals surface area (Å²) in [5.74, 6) is 0.573. The molecule has 0 aliphatic carbocycles. The SMILES string of the molecule is CC(C)Cc1ccc(CN2CCC[C@@H](NC(=O)CN3CCOC3=O)C2)cc1. The van der Waals surface area contributed by atoms with Gasteiger partial charge in [-0.15, -0.1) is 0 Å². The van der Waals surface area contributed by atoms with Crippen LogP contribution in [0.4, 0.5) is 4.79 Å². The number of cyclic esters (lactones) is 1. The van der Waals surface area contributed by atoms with Crippen molar-refractivity contribution in [1.82, 2.24) is 15.1 Å². The molecule has 6 nitrogen and oxygen atoms in total. The molecule has 2 fully saturated rings. The van der Waals surface area contributed by atoms with Crippen molar-refractivity contribution in [2.24, 2.45) is 5.92 Å². The molecule has 1 aromatic carbocycles. The van der Waals surface area contributed by atoms with Gasteiger partial charge in [-0.25, -0.2) is 4.79 Å². The zero-order chi connectivity index (χ0) is 19.2. The van der Waals surface area contributed by atoms with Gasteiger partial charge >= 0.3 is 6.09 Å². The molecular weight excluding hydrogens is 342 g/mol. The van der Waals surface area contributed by atoms with Crippen LogP contribution in [0.1, 0.15) is 37.8 Å². The van der Waals surface area contributed by atoms with Crippen LogP contribution < -0.4 is 5.32 Å². The topological polar surface area (TPSA) is 61.9 Å². The first-order valence-electron chi connectivity index (χ1n) is 10.0. The molecule has 2 amide bonds. The molecule has 0 aromatic heterocycles. The van der Waals surface area contributed by atoms with Gasteiger partial charge in [0.05, 0.1) is 6.54 Å². The van der Waals surface area contributed by atoms with Crippen LogP contribution in [0, 0.1) is 5.92 Å². The van der Waals surface area contributed by atoms with Gasteiger partial charge in [0, 0.05) is 19.1 Å². The third-order valence-corrected chi connectivity index (χ3v) is 5.12. The minimum absolute atomic E-state index is 0.0899. The van der Waals surface area contributed by atoms with E-state index < -0.39 is 6.09 Å². The van der Waals surface area contributed by atoms with Crippen molar-refractivity contribution in [3.8, 4) is 0 Å². The van der Waals surface area contributed by atoms with E-state index in [-0.39, 0.29) is 18.5 Å². The highest BCUT2D eigenvalue weighted by Gasteiger charge is 2.26. The number of hydrogen-bond donors (Lipinski definition) is 1. The minimum atomic E-state index is -0.392. The number of hydrogen-bond acceptors (Lipinski definition) is 4. The largest absolute Gasteiger partial charge is 0.448 e. The van der Waals surface area contributed by atoms with Crippen LogP contribution in [0.15, 0.2) is 24.3 Å². The molecule has 0 unspecified atom stereocenters. The summed E-state index contributed by atoms with van der Waals surface area (Å²) in [6.45, 7) is 8.25. The summed E-state index contributed by atoms with van der Waals surface area (Å²) < 4.78 is 4.87. The number of carbonyl (C=O) groups is 2. The van der Waals surface area contributed by atoms with Crippen molar-refractivity contribution < 1.29 is 14.3 Å². The average Bonchev–Trinajstić information content (AvgIpc) is 3.01. The van der Waals surface area contributed by atoms with Crippen molar-refractivity contribution >= 4 is 12.0 Å². The summed E-state index contributed by atoms with van der Waals surface area (Å²) >= 11 is 0. The van der Waals surface area contributed by atoms with E-state index in [9.17, 15) is 9.59 Å². The zero-order valence-corrected chi connectivity index (χ0v) is 16.4. The fraction of sp³-hybridized carbons (Fsp3) is 0.619. The van der Waals surface area contributed by atoms with Gasteiger partial charge in [-0.05, 0) is 42.9 Å². The Labute approximate surface area is 161 Å². The minimum Gasteiger partial charge on any atom is -0.448 e. The van der Waals surface area contributed by atoms with Crippen LogP contribution >= 0.6 is 0 Å². The molecule has 0 saturated carbocycles. The summed E-state index contributed by atoms with van der Waals surface area (Å²) in [6, 6.07) is 9.05. The monoisotopic (exact) mass is 373 g/mol. The predicted octanol–water partition coefficient (Wildman–Crippen LogP) is 2.42. The van der Waals surface area contributed by atoms with E-state index in [0.717, 1.165) is 38.9 Å². The molecule has 6 heteroatoms. The van der Waals surface area contributed by atoms with E-state index in [1.807, 2.05) is 0 Å². The normalized spacial score (nSPS) is 20.8. The van der Waals surface area contributed by atoms with E-state index in [1.54, 1.807) is 0 Å². The highest BCUT2D eigenvalue weighted by Crippen LogP contribution is 2.16. The second kappa shape index (κ2) is 9.22. The van der Waals surface area contributed by atoms with Crippen LogP contribution in [-0.4, -0.2) is 60.6 Å². The third kappa shape index (κ3) is 5.96. The second-order valence-corrected chi connectivity index (χ2v) is 8.09. The lowest BCUT2D eigenvalue weighted by Crippen LogP contribution is -2.49. The number of rotatable bonds is 7. The number of amides is 2. The van der Waals surface area contributed by atoms with Gasteiger partial charge in [-0.3, -0.25) is 14.6 Å².